The average Bonchev–Trinajstić information content (AvgIpc) is 2.77. The van der Waals surface area contributed by atoms with Gasteiger partial charge in [-0.25, -0.2) is 4.79 Å². The van der Waals surface area contributed by atoms with E-state index in [4.69, 9.17) is 9.84 Å². The fourth-order valence-corrected chi connectivity index (χ4v) is 3.53. The van der Waals surface area contributed by atoms with Crippen LogP contribution in [0.5, 0.6) is 0 Å². The zero-order valence-electron chi connectivity index (χ0n) is 17.2. The van der Waals surface area contributed by atoms with E-state index in [2.05, 4.69) is 23.6 Å². The fourth-order valence-electron chi connectivity index (χ4n) is 3.53. The molecule has 0 radical (unpaired) electrons. The molecule has 1 heterocycles. The van der Waals surface area contributed by atoms with E-state index < -0.39 is 0 Å². The summed E-state index contributed by atoms with van der Waals surface area (Å²) in [7, 11) is 0. The number of hydrogen-bond acceptors (Lipinski definition) is 6. The third-order valence-electron chi connectivity index (χ3n) is 5.34. The van der Waals surface area contributed by atoms with Gasteiger partial charge in [-0.3, -0.25) is 0 Å². The van der Waals surface area contributed by atoms with E-state index in [9.17, 15) is 10.1 Å². The van der Waals surface area contributed by atoms with Gasteiger partial charge in [-0.1, -0.05) is 30.3 Å². The van der Waals surface area contributed by atoms with Gasteiger partial charge >= 0.3 is 6.09 Å². The number of anilines is 2. The van der Waals surface area contributed by atoms with E-state index in [0.717, 1.165) is 24.1 Å². The molecule has 0 spiro atoms. The van der Waals surface area contributed by atoms with E-state index in [-0.39, 0.29) is 24.8 Å². The number of hydrogen-bond donors (Lipinski definition) is 3. The largest absolute Gasteiger partial charge is 0.445 e. The molecule has 3 rings (SSSR count). The number of benzene rings is 2. The van der Waals surface area contributed by atoms with Gasteiger partial charge in [-0.2, -0.15) is 5.26 Å². The molecule has 3 N–H and O–H groups in total. The summed E-state index contributed by atoms with van der Waals surface area (Å²) in [5.74, 6) is 0. The first-order chi connectivity index (χ1) is 14.5. The number of carbonyl (C=O) groups excluding carboxylic acids is 1. The predicted molar refractivity (Wildman–Crippen MR) is 116 cm³/mol. The Morgan fingerprint density at radius 2 is 1.97 bits per heavy atom. The number of aliphatic hydroxyl groups is 1. The Labute approximate surface area is 177 Å². The summed E-state index contributed by atoms with van der Waals surface area (Å²) < 4.78 is 5.44. The van der Waals surface area contributed by atoms with Gasteiger partial charge in [0, 0.05) is 30.9 Å². The molecule has 7 heteroatoms. The standard InChI is InChI=1S/C23H28N4O3/c1-23(26-20-7-8-21(25-11-14-28)19(15-20)16-24)9-12-27(13-10-23)22(29)30-17-18-5-3-2-4-6-18/h2-8,15,25-26,28H,9-14,17H2,1H3. The van der Waals surface area contributed by atoms with Crippen molar-refractivity contribution in [3.8, 4) is 6.07 Å². The number of aliphatic hydroxyl groups excluding tert-OH is 1. The van der Waals surface area contributed by atoms with Gasteiger partial charge in [0.2, 0.25) is 0 Å². The molecule has 1 fully saturated rings. The highest BCUT2D eigenvalue weighted by molar-refractivity contribution is 5.68. The van der Waals surface area contributed by atoms with Crippen molar-refractivity contribution in [2.45, 2.75) is 31.9 Å². The van der Waals surface area contributed by atoms with Crippen LogP contribution in [0.15, 0.2) is 48.5 Å². The second kappa shape index (κ2) is 9.99. The van der Waals surface area contributed by atoms with Crippen LogP contribution in [0.25, 0.3) is 0 Å². The normalized spacial score (nSPS) is 15.2. The minimum absolute atomic E-state index is 0.00717. The second-order valence-electron chi connectivity index (χ2n) is 7.74. The minimum Gasteiger partial charge on any atom is -0.445 e. The van der Waals surface area contributed by atoms with Crippen molar-refractivity contribution in [2.24, 2.45) is 0 Å². The number of nitrogens with one attached hydrogen (secondary N) is 2. The molecule has 0 saturated carbocycles. The van der Waals surface area contributed by atoms with Crippen molar-refractivity contribution >= 4 is 17.5 Å². The second-order valence-corrected chi connectivity index (χ2v) is 7.74. The summed E-state index contributed by atoms with van der Waals surface area (Å²) in [5.41, 5.74) is 2.89. The SMILES string of the molecule is CC1(Nc2ccc(NCCO)c(C#N)c2)CCN(C(=O)OCc2ccccc2)CC1. The van der Waals surface area contributed by atoms with E-state index >= 15 is 0 Å². The maximum absolute atomic E-state index is 12.4. The highest BCUT2D eigenvalue weighted by atomic mass is 16.6. The Balaban J connectivity index is 1.53. The molecular weight excluding hydrogens is 380 g/mol. The van der Waals surface area contributed by atoms with Gasteiger partial charge in [0.15, 0.2) is 0 Å². The lowest BCUT2D eigenvalue weighted by atomic mass is 9.89. The number of nitrogens with zero attached hydrogens (tertiary/aromatic N) is 2. The number of rotatable bonds is 7. The van der Waals surface area contributed by atoms with Crippen molar-refractivity contribution in [1.29, 1.82) is 5.26 Å². The van der Waals surface area contributed by atoms with Crippen molar-refractivity contribution < 1.29 is 14.6 Å². The smallest absolute Gasteiger partial charge is 0.410 e. The summed E-state index contributed by atoms with van der Waals surface area (Å²) in [5, 5.41) is 24.9. The summed E-state index contributed by atoms with van der Waals surface area (Å²) in [6.45, 7) is 4.03. The number of piperidine rings is 1. The molecule has 2 aromatic rings. The Morgan fingerprint density at radius 3 is 2.63 bits per heavy atom. The van der Waals surface area contributed by atoms with Crippen LogP contribution < -0.4 is 10.6 Å². The Hall–Kier alpha value is -3.24. The van der Waals surface area contributed by atoms with Gasteiger partial charge in [0.25, 0.3) is 0 Å². The monoisotopic (exact) mass is 408 g/mol. The van der Waals surface area contributed by atoms with Crippen LogP contribution in [0.2, 0.25) is 0 Å². The van der Waals surface area contributed by atoms with Crippen LogP contribution in [0.1, 0.15) is 30.9 Å². The summed E-state index contributed by atoms with van der Waals surface area (Å²) in [6.07, 6.45) is 1.27. The molecule has 0 atom stereocenters. The molecule has 7 nitrogen and oxygen atoms in total. The Kier molecular flexibility index (Phi) is 7.15. The summed E-state index contributed by atoms with van der Waals surface area (Å²) in [6, 6.07) is 17.4. The lowest BCUT2D eigenvalue weighted by Gasteiger charge is -2.40. The first-order valence-electron chi connectivity index (χ1n) is 10.2. The van der Waals surface area contributed by atoms with Crippen LogP contribution in [-0.2, 0) is 11.3 Å². The molecular formula is C23H28N4O3. The highest BCUT2D eigenvalue weighted by Gasteiger charge is 2.32. The number of nitriles is 1. The van der Waals surface area contributed by atoms with Crippen LogP contribution in [0.4, 0.5) is 16.2 Å². The third kappa shape index (κ3) is 5.65. The average molecular weight is 409 g/mol. The van der Waals surface area contributed by atoms with Gasteiger partial charge in [0.05, 0.1) is 17.9 Å². The van der Waals surface area contributed by atoms with Crippen LogP contribution >= 0.6 is 0 Å². The Morgan fingerprint density at radius 1 is 1.23 bits per heavy atom. The number of ether oxygens (including phenoxy) is 1. The Bertz CT molecular complexity index is 887. The minimum atomic E-state index is -0.285. The van der Waals surface area contributed by atoms with E-state index in [0.29, 0.717) is 30.9 Å². The maximum atomic E-state index is 12.4. The summed E-state index contributed by atoms with van der Waals surface area (Å²) >= 11 is 0. The van der Waals surface area contributed by atoms with Crippen LogP contribution in [-0.4, -0.2) is 47.9 Å². The molecule has 30 heavy (non-hydrogen) atoms. The zero-order valence-corrected chi connectivity index (χ0v) is 17.2. The van der Waals surface area contributed by atoms with E-state index in [1.165, 1.54) is 0 Å². The molecule has 2 aromatic carbocycles. The van der Waals surface area contributed by atoms with Gasteiger partial charge in [-0.05, 0) is 43.5 Å². The summed E-state index contributed by atoms with van der Waals surface area (Å²) in [4.78, 5) is 14.1. The number of carbonyl (C=O) groups is 1. The highest BCUT2D eigenvalue weighted by Crippen LogP contribution is 2.29. The molecule has 1 saturated heterocycles. The topological polar surface area (TPSA) is 97.6 Å². The molecule has 1 amide bonds. The maximum Gasteiger partial charge on any atom is 0.410 e. The van der Waals surface area contributed by atoms with Crippen molar-refractivity contribution in [1.82, 2.24) is 4.90 Å². The molecule has 0 aromatic heterocycles. The lowest BCUT2D eigenvalue weighted by Crippen LogP contribution is -2.49. The number of likely N-dealkylation sites (tertiary alicyclic amines) is 1. The molecule has 158 valence electrons. The van der Waals surface area contributed by atoms with Crippen molar-refractivity contribution in [2.75, 3.05) is 36.9 Å². The lowest BCUT2D eigenvalue weighted by molar-refractivity contribution is 0.0821. The van der Waals surface area contributed by atoms with E-state index in [1.807, 2.05) is 48.5 Å². The third-order valence-corrected chi connectivity index (χ3v) is 5.34. The number of amides is 1. The quantitative estimate of drug-likeness (QED) is 0.648. The molecule has 1 aliphatic rings. The zero-order chi connectivity index (χ0) is 21.4. The molecule has 0 aliphatic carbocycles. The van der Waals surface area contributed by atoms with Gasteiger partial charge in [0.1, 0.15) is 12.7 Å². The van der Waals surface area contributed by atoms with Gasteiger partial charge < -0.3 is 25.4 Å². The predicted octanol–water partition coefficient (Wildman–Crippen LogP) is 3.57. The van der Waals surface area contributed by atoms with Gasteiger partial charge in [-0.15, -0.1) is 0 Å². The first kappa shape index (κ1) is 21.5. The van der Waals surface area contributed by atoms with E-state index in [1.54, 1.807) is 4.90 Å². The van der Waals surface area contributed by atoms with Crippen LogP contribution in [0, 0.1) is 11.3 Å². The first-order valence-corrected chi connectivity index (χ1v) is 10.2. The van der Waals surface area contributed by atoms with Crippen molar-refractivity contribution in [3.63, 3.8) is 0 Å². The van der Waals surface area contributed by atoms with Crippen LogP contribution in [0.3, 0.4) is 0 Å². The fraction of sp³-hybridized carbons (Fsp3) is 0.391. The molecule has 1 aliphatic heterocycles. The molecule has 0 unspecified atom stereocenters. The molecule has 0 bridgehead atoms. The van der Waals surface area contributed by atoms with Crippen molar-refractivity contribution in [3.05, 3.63) is 59.7 Å².